The standard InChI is InChI=1S/C24H28N2O4/c1-16(2)13-23(28)26(12-11-18-15-25-21-6-4-3-5-20(18)21)22(24(29)30)14-17-7-9-19(27)10-8-17/h3-10,15-16,22,25,27H,11-14H2,1-2H3,(H,29,30)/t22-/m0/s1. The fourth-order valence-electron chi connectivity index (χ4n) is 3.69. The molecule has 0 aliphatic rings. The number of amides is 1. The molecule has 30 heavy (non-hydrogen) atoms. The Morgan fingerprint density at radius 1 is 1.07 bits per heavy atom. The van der Waals surface area contributed by atoms with Crippen molar-refractivity contribution in [1.82, 2.24) is 9.88 Å². The lowest BCUT2D eigenvalue weighted by molar-refractivity contribution is -0.150. The summed E-state index contributed by atoms with van der Waals surface area (Å²) in [7, 11) is 0. The van der Waals surface area contributed by atoms with Crippen molar-refractivity contribution in [3.8, 4) is 5.75 Å². The Balaban J connectivity index is 1.84. The van der Waals surface area contributed by atoms with Gasteiger partial charge in [-0.25, -0.2) is 4.79 Å². The number of aromatic amines is 1. The van der Waals surface area contributed by atoms with Gasteiger partial charge in [-0.05, 0) is 41.7 Å². The first kappa shape index (κ1) is 21.4. The molecule has 0 aliphatic heterocycles. The zero-order valence-corrected chi connectivity index (χ0v) is 17.3. The summed E-state index contributed by atoms with van der Waals surface area (Å²) in [5.74, 6) is -0.927. The Morgan fingerprint density at radius 3 is 2.43 bits per heavy atom. The van der Waals surface area contributed by atoms with E-state index in [-0.39, 0.29) is 24.0 Å². The highest BCUT2D eigenvalue weighted by atomic mass is 16.4. The number of rotatable bonds is 9. The van der Waals surface area contributed by atoms with Crippen molar-refractivity contribution in [2.24, 2.45) is 5.92 Å². The molecule has 0 saturated carbocycles. The number of nitrogens with one attached hydrogen (secondary N) is 1. The molecule has 1 atom stereocenters. The quantitative estimate of drug-likeness (QED) is 0.499. The minimum atomic E-state index is -1.03. The molecule has 6 heteroatoms. The monoisotopic (exact) mass is 408 g/mol. The van der Waals surface area contributed by atoms with E-state index < -0.39 is 12.0 Å². The van der Waals surface area contributed by atoms with Gasteiger partial charge in [-0.2, -0.15) is 0 Å². The Kier molecular flexibility index (Phi) is 6.77. The highest BCUT2D eigenvalue weighted by molar-refractivity contribution is 5.85. The second-order valence-electron chi connectivity index (χ2n) is 8.02. The normalized spacial score (nSPS) is 12.2. The van der Waals surface area contributed by atoms with Crippen LogP contribution in [0.25, 0.3) is 10.9 Å². The predicted molar refractivity (Wildman–Crippen MR) is 116 cm³/mol. The molecule has 3 N–H and O–H groups in total. The number of carbonyl (C=O) groups is 2. The zero-order chi connectivity index (χ0) is 21.7. The van der Waals surface area contributed by atoms with E-state index in [4.69, 9.17) is 0 Å². The SMILES string of the molecule is CC(C)CC(=O)N(CCc1c[nH]c2ccccc12)[C@@H](Cc1ccc(O)cc1)C(=O)O. The van der Waals surface area contributed by atoms with Crippen LogP contribution < -0.4 is 0 Å². The van der Waals surface area contributed by atoms with Gasteiger partial charge in [0.1, 0.15) is 11.8 Å². The molecule has 0 saturated heterocycles. The van der Waals surface area contributed by atoms with Crippen LogP contribution in [0.3, 0.4) is 0 Å². The van der Waals surface area contributed by atoms with Crippen molar-refractivity contribution < 1.29 is 19.8 Å². The van der Waals surface area contributed by atoms with Gasteiger partial charge in [-0.3, -0.25) is 4.79 Å². The van der Waals surface area contributed by atoms with Gasteiger partial charge in [-0.15, -0.1) is 0 Å². The highest BCUT2D eigenvalue weighted by Gasteiger charge is 2.30. The highest BCUT2D eigenvalue weighted by Crippen LogP contribution is 2.21. The van der Waals surface area contributed by atoms with Crippen molar-refractivity contribution in [1.29, 1.82) is 0 Å². The van der Waals surface area contributed by atoms with Gasteiger partial charge in [0, 0.05) is 36.5 Å². The number of hydrogen-bond donors (Lipinski definition) is 3. The molecule has 0 radical (unpaired) electrons. The molecule has 0 fully saturated rings. The van der Waals surface area contributed by atoms with E-state index in [1.807, 2.05) is 44.3 Å². The second-order valence-corrected chi connectivity index (χ2v) is 8.02. The summed E-state index contributed by atoms with van der Waals surface area (Å²) < 4.78 is 0. The summed E-state index contributed by atoms with van der Waals surface area (Å²) in [6.45, 7) is 4.22. The molecule has 1 heterocycles. The number of H-pyrrole nitrogens is 1. The van der Waals surface area contributed by atoms with Crippen LogP contribution in [-0.4, -0.2) is 44.6 Å². The van der Waals surface area contributed by atoms with Crippen molar-refractivity contribution in [2.75, 3.05) is 6.54 Å². The lowest BCUT2D eigenvalue weighted by Gasteiger charge is -2.30. The molecule has 1 amide bonds. The first-order chi connectivity index (χ1) is 14.3. The molecular formula is C24H28N2O4. The Hall–Kier alpha value is -3.28. The van der Waals surface area contributed by atoms with E-state index in [2.05, 4.69) is 4.98 Å². The fraction of sp³-hybridized carbons (Fsp3) is 0.333. The van der Waals surface area contributed by atoms with E-state index in [0.717, 1.165) is 22.0 Å². The number of hydrogen-bond acceptors (Lipinski definition) is 3. The van der Waals surface area contributed by atoms with Crippen LogP contribution >= 0.6 is 0 Å². The number of nitrogens with zero attached hydrogens (tertiary/aromatic N) is 1. The predicted octanol–water partition coefficient (Wildman–Crippen LogP) is 3.99. The number of benzene rings is 2. The van der Waals surface area contributed by atoms with Crippen LogP contribution in [0.1, 0.15) is 31.4 Å². The van der Waals surface area contributed by atoms with Crippen molar-refractivity contribution in [3.05, 3.63) is 65.9 Å². The molecule has 1 aromatic heterocycles. The number of phenols is 1. The molecular weight excluding hydrogens is 380 g/mol. The number of fused-ring (bicyclic) bond motifs is 1. The minimum Gasteiger partial charge on any atom is -0.508 e. The van der Waals surface area contributed by atoms with Crippen molar-refractivity contribution in [2.45, 2.75) is 39.2 Å². The third kappa shape index (κ3) is 5.20. The van der Waals surface area contributed by atoms with E-state index in [9.17, 15) is 19.8 Å². The third-order valence-corrected chi connectivity index (χ3v) is 5.23. The van der Waals surface area contributed by atoms with Crippen LogP contribution in [0.15, 0.2) is 54.7 Å². The summed E-state index contributed by atoms with van der Waals surface area (Å²) in [6.07, 6.45) is 2.97. The van der Waals surface area contributed by atoms with E-state index >= 15 is 0 Å². The number of carbonyl (C=O) groups excluding carboxylic acids is 1. The maximum absolute atomic E-state index is 13.0. The third-order valence-electron chi connectivity index (χ3n) is 5.23. The lowest BCUT2D eigenvalue weighted by Crippen LogP contribution is -2.47. The Labute approximate surface area is 176 Å². The van der Waals surface area contributed by atoms with Gasteiger partial charge in [0.2, 0.25) is 5.91 Å². The molecule has 158 valence electrons. The number of aliphatic carboxylic acids is 1. The van der Waals surface area contributed by atoms with Crippen molar-refractivity contribution in [3.63, 3.8) is 0 Å². The molecule has 2 aromatic carbocycles. The average molecular weight is 408 g/mol. The summed E-state index contributed by atoms with van der Waals surface area (Å²) in [5.41, 5.74) is 2.84. The van der Waals surface area contributed by atoms with E-state index in [1.165, 1.54) is 17.0 Å². The summed E-state index contributed by atoms with van der Waals surface area (Å²) in [6, 6.07) is 13.4. The van der Waals surface area contributed by atoms with Gasteiger partial charge < -0.3 is 20.1 Å². The van der Waals surface area contributed by atoms with Crippen LogP contribution in [0.2, 0.25) is 0 Å². The van der Waals surface area contributed by atoms with Crippen LogP contribution in [0.4, 0.5) is 0 Å². The molecule has 0 spiro atoms. The van der Waals surface area contributed by atoms with Crippen LogP contribution in [0.5, 0.6) is 5.75 Å². The van der Waals surface area contributed by atoms with E-state index in [1.54, 1.807) is 12.1 Å². The first-order valence-electron chi connectivity index (χ1n) is 10.2. The average Bonchev–Trinajstić information content (AvgIpc) is 3.11. The van der Waals surface area contributed by atoms with Gasteiger partial charge in [0.05, 0.1) is 0 Å². The smallest absolute Gasteiger partial charge is 0.326 e. The fourth-order valence-corrected chi connectivity index (χ4v) is 3.69. The molecule has 6 nitrogen and oxygen atoms in total. The number of para-hydroxylation sites is 1. The van der Waals surface area contributed by atoms with Gasteiger partial charge in [0.25, 0.3) is 0 Å². The minimum absolute atomic E-state index is 0.123. The first-order valence-corrected chi connectivity index (χ1v) is 10.2. The molecule has 0 aliphatic carbocycles. The summed E-state index contributed by atoms with van der Waals surface area (Å²) in [5, 5.41) is 20.5. The van der Waals surface area contributed by atoms with Crippen LogP contribution in [-0.2, 0) is 22.4 Å². The molecule has 3 aromatic rings. The zero-order valence-electron chi connectivity index (χ0n) is 17.3. The number of carboxylic acid groups (broad SMARTS) is 1. The van der Waals surface area contributed by atoms with Crippen molar-refractivity contribution >= 4 is 22.8 Å². The molecule has 0 unspecified atom stereocenters. The number of aromatic nitrogens is 1. The van der Waals surface area contributed by atoms with Gasteiger partial charge in [-0.1, -0.05) is 44.2 Å². The topological polar surface area (TPSA) is 93.6 Å². The largest absolute Gasteiger partial charge is 0.508 e. The number of phenolic OH excluding ortho intramolecular Hbond substituents is 1. The van der Waals surface area contributed by atoms with Gasteiger partial charge in [0.15, 0.2) is 0 Å². The van der Waals surface area contributed by atoms with Crippen LogP contribution in [0, 0.1) is 5.92 Å². The maximum atomic E-state index is 13.0. The Bertz CT molecular complexity index is 1010. The molecule has 0 bridgehead atoms. The number of carboxylic acids is 1. The molecule has 3 rings (SSSR count). The summed E-state index contributed by atoms with van der Waals surface area (Å²) >= 11 is 0. The lowest BCUT2D eigenvalue weighted by atomic mass is 10.0. The Morgan fingerprint density at radius 2 is 1.77 bits per heavy atom. The van der Waals surface area contributed by atoms with E-state index in [0.29, 0.717) is 19.4 Å². The summed E-state index contributed by atoms with van der Waals surface area (Å²) in [4.78, 5) is 29.8. The maximum Gasteiger partial charge on any atom is 0.326 e. The van der Waals surface area contributed by atoms with Gasteiger partial charge >= 0.3 is 5.97 Å². The number of aromatic hydroxyl groups is 1. The second kappa shape index (κ2) is 9.48.